The Hall–Kier alpha value is -4.30. The van der Waals surface area contributed by atoms with Gasteiger partial charge in [0.15, 0.2) is 0 Å². The van der Waals surface area contributed by atoms with Crippen LogP contribution in [0.15, 0.2) is 96.0 Å². The Morgan fingerprint density at radius 1 is 0.919 bits per heavy atom. The van der Waals surface area contributed by atoms with Crippen LogP contribution in [0.4, 0.5) is 4.79 Å². The second kappa shape index (κ2) is 11.2. The lowest BCUT2D eigenvalue weighted by Crippen LogP contribution is -2.32. The van der Waals surface area contributed by atoms with Gasteiger partial charge in [0, 0.05) is 29.2 Å². The van der Waals surface area contributed by atoms with Gasteiger partial charge in [0.05, 0.1) is 11.4 Å². The third kappa shape index (κ3) is 5.76. The van der Waals surface area contributed by atoms with Crippen LogP contribution < -0.4 is 10.1 Å². The van der Waals surface area contributed by atoms with E-state index in [2.05, 4.69) is 5.32 Å². The molecule has 1 aliphatic heterocycles. The predicted molar refractivity (Wildman–Crippen MR) is 145 cm³/mol. The summed E-state index contributed by atoms with van der Waals surface area (Å²) in [6, 6.07) is 26.7. The fraction of sp³-hybridized carbons (Fsp3) is 0.138. The van der Waals surface area contributed by atoms with Gasteiger partial charge in [0.25, 0.3) is 11.1 Å². The van der Waals surface area contributed by atoms with Crippen LogP contribution in [-0.2, 0) is 22.7 Å². The first-order valence-electron chi connectivity index (χ1n) is 11.9. The summed E-state index contributed by atoms with van der Waals surface area (Å²) < 4.78 is 7.51. The van der Waals surface area contributed by atoms with Crippen molar-refractivity contribution in [2.45, 2.75) is 13.1 Å². The SMILES string of the molecule is O=C(Cn1cc(/C=C2\SC(=O)N(CCOc3ccccc3)C2=O)c2ccccc21)NCc1ccccc1. The van der Waals surface area contributed by atoms with E-state index < -0.39 is 0 Å². The van der Waals surface area contributed by atoms with Crippen LogP contribution in [0.3, 0.4) is 0 Å². The summed E-state index contributed by atoms with van der Waals surface area (Å²) in [5.74, 6) is 0.227. The summed E-state index contributed by atoms with van der Waals surface area (Å²) in [6.07, 6.45) is 3.57. The summed E-state index contributed by atoms with van der Waals surface area (Å²) in [5.41, 5.74) is 2.68. The molecule has 0 atom stereocenters. The number of carbonyl (C=O) groups excluding carboxylic acids is 3. The third-order valence-electron chi connectivity index (χ3n) is 5.95. The number of rotatable bonds is 9. The Morgan fingerprint density at radius 2 is 1.62 bits per heavy atom. The van der Waals surface area contributed by atoms with Gasteiger partial charge in [-0.2, -0.15) is 0 Å². The highest BCUT2D eigenvalue weighted by Crippen LogP contribution is 2.34. The zero-order valence-corrected chi connectivity index (χ0v) is 20.8. The summed E-state index contributed by atoms with van der Waals surface area (Å²) in [4.78, 5) is 39.7. The number of amides is 3. The van der Waals surface area contributed by atoms with Crippen LogP contribution in [-0.4, -0.2) is 39.7 Å². The highest BCUT2D eigenvalue weighted by molar-refractivity contribution is 8.18. The molecule has 0 unspecified atom stereocenters. The minimum Gasteiger partial charge on any atom is -0.492 e. The quantitative estimate of drug-likeness (QED) is 0.317. The number of hydrogen-bond donors (Lipinski definition) is 1. The van der Waals surface area contributed by atoms with E-state index in [1.54, 1.807) is 6.08 Å². The number of fused-ring (bicyclic) bond motifs is 1. The average Bonchev–Trinajstić information content (AvgIpc) is 3.40. The lowest BCUT2D eigenvalue weighted by molar-refractivity contribution is -0.123. The summed E-state index contributed by atoms with van der Waals surface area (Å²) >= 11 is 0.915. The molecule has 5 rings (SSSR count). The minimum atomic E-state index is -0.343. The number of benzene rings is 3. The Bertz CT molecular complexity index is 1460. The lowest BCUT2D eigenvalue weighted by Gasteiger charge is -2.13. The molecule has 37 heavy (non-hydrogen) atoms. The third-order valence-corrected chi connectivity index (χ3v) is 6.86. The smallest absolute Gasteiger partial charge is 0.293 e. The number of para-hydroxylation sites is 2. The normalized spacial score (nSPS) is 14.5. The molecule has 2 heterocycles. The molecule has 186 valence electrons. The van der Waals surface area contributed by atoms with Crippen LogP contribution in [0.1, 0.15) is 11.1 Å². The number of nitrogens with one attached hydrogen (secondary N) is 1. The zero-order chi connectivity index (χ0) is 25.6. The summed E-state index contributed by atoms with van der Waals surface area (Å²) in [5, 5.41) is 3.53. The largest absolute Gasteiger partial charge is 0.492 e. The fourth-order valence-electron chi connectivity index (χ4n) is 4.13. The maximum atomic E-state index is 13.0. The number of hydrogen-bond acceptors (Lipinski definition) is 5. The Morgan fingerprint density at radius 3 is 2.41 bits per heavy atom. The maximum Gasteiger partial charge on any atom is 0.293 e. The number of ether oxygens (including phenoxy) is 1. The fourth-order valence-corrected chi connectivity index (χ4v) is 4.99. The van der Waals surface area contributed by atoms with E-state index in [-0.39, 0.29) is 36.7 Å². The number of carbonyl (C=O) groups is 3. The highest BCUT2D eigenvalue weighted by Gasteiger charge is 2.35. The van der Waals surface area contributed by atoms with Gasteiger partial charge < -0.3 is 14.6 Å². The first-order valence-corrected chi connectivity index (χ1v) is 12.7. The van der Waals surface area contributed by atoms with Crippen molar-refractivity contribution < 1.29 is 19.1 Å². The number of thioether (sulfide) groups is 1. The van der Waals surface area contributed by atoms with Gasteiger partial charge in [-0.1, -0.05) is 66.7 Å². The Labute approximate surface area is 218 Å². The molecule has 0 spiro atoms. The molecule has 1 N–H and O–H groups in total. The van der Waals surface area contributed by atoms with Crippen LogP contribution in [0.5, 0.6) is 5.75 Å². The van der Waals surface area contributed by atoms with Gasteiger partial charge in [-0.25, -0.2) is 0 Å². The van der Waals surface area contributed by atoms with Gasteiger partial charge in [-0.05, 0) is 41.6 Å². The average molecular weight is 512 g/mol. The monoisotopic (exact) mass is 511 g/mol. The lowest BCUT2D eigenvalue weighted by atomic mass is 10.1. The number of aromatic nitrogens is 1. The molecule has 1 saturated heterocycles. The van der Waals surface area contributed by atoms with Gasteiger partial charge in [-0.15, -0.1) is 0 Å². The number of imide groups is 1. The van der Waals surface area contributed by atoms with Crippen molar-refractivity contribution in [2.24, 2.45) is 0 Å². The van der Waals surface area contributed by atoms with Crippen molar-refractivity contribution in [3.8, 4) is 5.75 Å². The van der Waals surface area contributed by atoms with Crippen molar-refractivity contribution in [1.29, 1.82) is 0 Å². The molecule has 8 heteroatoms. The molecular weight excluding hydrogens is 486 g/mol. The van der Waals surface area contributed by atoms with Crippen molar-refractivity contribution in [3.05, 3.63) is 107 Å². The van der Waals surface area contributed by atoms with E-state index >= 15 is 0 Å². The first-order chi connectivity index (χ1) is 18.1. The minimum absolute atomic E-state index is 0.116. The van der Waals surface area contributed by atoms with E-state index in [9.17, 15) is 14.4 Å². The van der Waals surface area contributed by atoms with Crippen LogP contribution >= 0.6 is 11.8 Å². The second-order valence-corrected chi connectivity index (χ2v) is 9.48. The molecule has 0 aliphatic carbocycles. The molecular formula is C29H25N3O4S. The standard InChI is InChI=1S/C29H25N3O4S/c33-27(30-18-21-9-3-1-4-10-21)20-31-19-22(24-13-7-8-14-25(24)31)17-26-28(34)32(29(35)37-26)15-16-36-23-11-5-2-6-12-23/h1-14,17,19H,15-16,18,20H2,(H,30,33)/b26-17-. The van der Waals surface area contributed by atoms with E-state index in [1.807, 2.05) is 95.7 Å². The summed E-state index contributed by atoms with van der Waals surface area (Å²) in [6.45, 7) is 0.972. The van der Waals surface area contributed by atoms with Gasteiger partial charge in [0.2, 0.25) is 5.91 Å². The molecule has 0 saturated carbocycles. The zero-order valence-electron chi connectivity index (χ0n) is 20.0. The van der Waals surface area contributed by atoms with E-state index in [4.69, 9.17) is 4.74 Å². The van der Waals surface area contributed by atoms with Crippen molar-refractivity contribution in [3.63, 3.8) is 0 Å². The van der Waals surface area contributed by atoms with Gasteiger partial charge in [-0.3, -0.25) is 19.3 Å². The molecule has 1 aromatic heterocycles. The highest BCUT2D eigenvalue weighted by atomic mass is 32.2. The molecule has 0 radical (unpaired) electrons. The van der Waals surface area contributed by atoms with Crippen LogP contribution in [0.25, 0.3) is 17.0 Å². The van der Waals surface area contributed by atoms with E-state index in [0.717, 1.165) is 33.8 Å². The molecule has 7 nitrogen and oxygen atoms in total. The molecule has 0 bridgehead atoms. The van der Waals surface area contributed by atoms with Crippen LogP contribution in [0.2, 0.25) is 0 Å². The van der Waals surface area contributed by atoms with Gasteiger partial charge >= 0.3 is 0 Å². The molecule has 3 aromatic carbocycles. The first kappa shape index (κ1) is 24.4. The van der Waals surface area contributed by atoms with E-state index in [1.165, 1.54) is 4.90 Å². The van der Waals surface area contributed by atoms with Gasteiger partial charge in [0.1, 0.15) is 18.9 Å². The Balaban J connectivity index is 1.28. The van der Waals surface area contributed by atoms with Crippen LogP contribution in [0, 0.1) is 0 Å². The van der Waals surface area contributed by atoms with E-state index in [0.29, 0.717) is 17.2 Å². The topological polar surface area (TPSA) is 80.6 Å². The van der Waals surface area contributed by atoms with Crippen molar-refractivity contribution in [2.75, 3.05) is 13.2 Å². The molecule has 1 aliphatic rings. The maximum absolute atomic E-state index is 13.0. The van der Waals surface area contributed by atoms with Crippen molar-refractivity contribution in [1.82, 2.24) is 14.8 Å². The van der Waals surface area contributed by atoms with Crippen molar-refractivity contribution >= 4 is 45.8 Å². The molecule has 1 fully saturated rings. The summed E-state index contributed by atoms with van der Waals surface area (Å²) in [7, 11) is 0. The Kier molecular flexibility index (Phi) is 7.37. The predicted octanol–water partition coefficient (Wildman–Crippen LogP) is 5.07. The number of nitrogens with zero attached hydrogens (tertiary/aromatic N) is 2. The molecule has 3 amide bonds. The second-order valence-electron chi connectivity index (χ2n) is 8.49. The molecule has 4 aromatic rings.